The van der Waals surface area contributed by atoms with Crippen molar-refractivity contribution < 1.29 is 4.79 Å². The monoisotopic (exact) mass is 191 g/mol. The van der Waals surface area contributed by atoms with Gasteiger partial charge in [-0.25, -0.2) is 0 Å². The summed E-state index contributed by atoms with van der Waals surface area (Å²) in [6, 6.07) is 4.15. The maximum Gasteiger partial charge on any atom is 0.221 e. The SMILES string of the molecule is O=C1CCNC(c2ccncc2)CN1. The molecule has 1 fully saturated rings. The third kappa shape index (κ3) is 2.09. The zero-order chi connectivity index (χ0) is 9.80. The highest BCUT2D eigenvalue weighted by Crippen LogP contribution is 2.11. The summed E-state index contributed by atoms with van der Waals surface area (Å²) < 4.78 is 0. The lowest BCUT2D eigenvalue weighted by molar-refractivity contribution is -0.120. The van der Waals surface area contributed by atoms with Gasteiger partial charge < -0.3 is 10.6 Å². The zero-order valence-electron chi connectivity index (χ0n) is 7.86. The van der Waals surface area contributed by atoms with E-state index in [0.29, 0.717) is 13.0 Å². The van der Waals surface area contributed by atoms with Crippen LogP contribution in [0.15, 0.2) is 24.5 Å². The fraction of sp³-hybridized carbons (Fsp3) is 0.400. The van der Waals surface area contributed by atoms with E-state index in [-0.39, 0.29) is 11.9 Å². The molecule has 14 heavy (non-hydrogen) atoms. The number of rotatable bonds is 1. The third-order valence-electron chi connectivity index (χ3n) is 2.35. The van der Waals surface area contributed by atoms with Crippen LogP contribution in [0.3, 0.4) is 0 Å². The normalized spacial score (nSPS) is 22.6. The summed E-state index contributed by atoms with van der Waals surface area (Å²) in [6.45, 7) is 1.39. The number of carbonyl (C=O) groups is 1. The van der Waals surface area contributed by atoms with E-state index < -0.39 is 0 Å². The van der Waals surface area contributed by atoms with E-state index in [1.165, 1.54) is 5.56 Å². The molecule has 4 heteroatoms. The molecule has 1 amide bonds. The van der Waals surface area contributed by atoms with Crippen LogP contribution in [0.25, 0.3) is 0 Å². The first kappa shape index (κ1) is 9.15. The largest absolute Gasteiger partial charge is 0.354 e. The Labute approximate surface area is 82.7 Å². The molecule has 0 aromatic carbocycles. The van der Waals surface area contributed by atoms with Crippen LogP contribution in [0.2, 0.25) is 0 Å². The van der Waals surface area contributed by atoms with Gasteiger partial charge in [0, 0.05) is 37.9 Å². The molecule has 1 unspecified atom stereocenters. The molecule has 1 aliphatic rings. The number of pyridine rings is 1. The Morgan fingerprint density at radius 1 is 1.36 bits per heavy atom. The summed E-state index contributed by atoms with van der Waals surface area (Å²) in [7, 11) is 0. The van der Waals surface area contributed by atoms with Crippen molar-refractivity contribution in [1.29, 1.82) is 0 Å². The lowest BCUT2D eigenvalue weighted by Crippen LogP contribution is -2.28. The second-order valence-corrected chi connectivity index (χ2v) is 3.34. The lowest BCUT2D eigenvalue weighted by Gasteiger charge is -2.15. The third-order valence-corrected chi connectivity index (χ3v) is 2.35. The van der Waals surface area contributed by atoms with E-state index in [2.05, 4.69) is 15.6 Å². The van der Waals surface area contributed by atoms with Crippen molar-refractivity contribution >= 4 is 5.91 Å². The van der Waals surface area contributed by atoms with Gasteiger partial charge in [0.2, 0.25) is 5.91 Å². The molecule has 1 aliphatic heterocycles. The van der Waals surface area contributed by atoms with Gasteiger partial charge in [0.1, 0.15) is 0 Å². The van der Waals surface area contributed by atoms with Gasteiger partial charge in [-0.2, -0.15) is 0 Å². The van der Waals surface area contributed by atoms with Crippen LogP contribution >= 0.6 is 0 Å². The summed E-state index contributed by atoms with van der Waals surface area (Å²) in [5.41, 5.74) is 1.17. The van der Waals surface area contributed by atoms with E-state index in [1.54, 1.807) is 12.4 Å². The Bertz CT molecular complexity index is 312. The van der Waals surface area contributed by atoms with Crippen LogP contribution in [0.4, 0.5) is 0 Å². The van der Waals surface area contributed by atoms with E-state index >= 15 is 0 Å². The molecule has 0 spiro atoms. The van der Waals surface area contributed by atoms with Crippen molar-refractivity contribution in [3.05, 3.63) is 30.1 Å². The Balaban J connectivity index is 2.08. The van der Waals surface area contributed by atoms with Crippen LogP contribution in [0.1, 0.15) is 18.0 Å². The average Bonchev–Trinajstić information content (AvgIpc) is 2.44. The zero-order valence-corrected chi connectivity index (χ0v) is 7.86. The molecule has 1 atom stereocenters. The minimum atomic E-state index is 0.119. The van der Waals surface area contributed by atoms with Gasteiger partial charge in [-0.1, -0.05) is 0 Å². The molecule has 0 radical (unpaired) electrons. The number of nitrogens with zero attached hydrogens (tertiary/aromatic N) is 1. The molecule has 2 rings (SSSR count). The van der Waals surface area contributed by atoms with Crippen molar-refractivity contribution in [3.8, 4) is 0 Å². The standard InChI is InChI=1S/C10H13N3O/c14-10-3-6-12-9(7-13-10)8-1-4-11-5-2-8/h1-2,4-5,9,12H,3,6-7H2,(H,13,14). The number of amides is 1. The van der Waals surface area contributed by atoms with Crippen molar-refractivity contribution in [2.45, 2.75) is 12.5 Å². The smallest absolute Gasteiger partial charge is 0.221 e. The van der Waals surface area contributed by atoms with Gasteiger partial charge in [0.15, 0.2) is 0 Å². The quantitative estimate of drug-likeness (QED) is 0.668. The summed E-state index contributed by atoms with van der Waals surface area (Å²) >= 11 is 0. The van der Waals surface area contributed by atoms with Gasteiger partial charge in [0.25, 0.3) is 0 Å². The number of nitrogens with one attached hydrogen (secondary N) is 2. The number of aromatic nitrogens is 1. The minimum Gasteiger partial charge on any atom is -0.354 e. The minimum absolute atomic E-state index is 0.119. The van der Waals surface area contributed by atoms with E-state index in [0.717, 1.165) is 6.54 Å². The van der Waals surface area contributed by atoms with Crippen molar-refractivity contribution in [2.75, 3.05) is 13.1 Å². The van der Waals surface area contributed by atoms with Crippen LogP contribution in [0, 0.1) is 0 Å². The van der Waals surface area contributed by atoms with Crippen molar-refractivity contribution in [2.24, 2.45) is 0 Å². The van der Waals surface area contributed by atoms with Gasteiger partial charge in [0.05, 0.1) is 0 Å². The Morgan fingerprint density at radius 3 is 2.93 bits per heavy atom. The molecule has 1 saturated heterocycles. The Hall–Kier alpha value is -1.42. The first-order valence-corrected chi connectivity index (χ1v) is 4.76. The predicted octanol–water partition coefficient (Wildman–Crippen LogP) is 0.232. The van der Waals surface area contributed by atoms with E-state index in [1.807, 2.05) is 12.1 Å². The maximum absolute atomic E-state index is 11.1. The fourth-order valence-electron chi connectivity index (χ4n) is 1.57. The van der Waals surface area contributed by atoms with E-state index in [4.69, 9.17) is 0 Å². The first-order valence-electron chi connectivity index (χ1n) is 4.76. The maximum atomic E-state index is 11.1. The Morgan fingerprint density at radius 2 is 2.14 bits per heavy atom. The molecule has 2 N–H and O–H groups in total. The fourth-order valence-corrected chi connectivity index (χ4v) is 1.57. The molecule has 0 bridgehead atoms. The van der Waals surface area contributed by atoms with Gasteiger partial charge in [-0.15, -0.1) is 0 Å². The molecular weight excluding hydrogens is 178 g/mol. The summed E-state index contributed by atoms with van der Waals surface area (Å²) in [5.74, 6) is 0.119. The molecule has 1 aromatic heterocycles. The topological polar surface area (TPSA) is 54.0 Å². The second-order valence-electron chi connectivity index (χ2n) is 3.34. The summed E-state index contributed by atoms with van der Waals surface area (Å²) in [5, 5.41) is 6.19. The van der Waals surface area contributed by atoms with Gasteiger partial charge >= 0.3 is 0 Å². The van der Waals surface area contributed by atoms with Crippen LogP contribution in [-0.4, -0.2) is 24.0 Å². The van der Waals surface area contributed by atoms with Crippen molar-refractivity contribution in [1.82, 2.24) is 15.6 Å². The van der Waals surface area contributed by atoms with Crippen LogP contribution < -0.4 is 10.6 Å². The average molecular weight is 191 g/mol. The number of carbonyl (C=O) groups excluding carboxylic acids is 1. The number of hydrogen-bond donors (Lipinski definition) is 2. The van der Waals surface area contributed by atoms with Gasteiger partial charge in [-0.05, 0) is 17.7 Å². The lowest BCUT2D eigenvalue weighted by atomic mass is 10.1. The molecule has 0 aliphatic carbocycles. The highest BCUT2D eigenvalue weighted by molar-refractivity contribution is 5.76. The molecular formula is C10H13N3O. The predicted molar refractivity (Wildman–Crippen MR) is 52.6 cm³/mol. The van der Waals surface area contributed by atoms with Crippen LogP contribution in [-0.2, 0) is 4.79 Å². The molecule has 1 aromatic rings. The Kier molecular flexibility index (Phi) is 2.74. The number of hydrogen-bond acceptors (Lipinski definition) is 3. The van der Waals surface area contributed by atoms with Gasteiger partial charge in [-0.3, -0.25) is 9.78 Å². The van der Waals surface area contributed by atoms with E-state index in [9.17, 15) is 4.79 Å². The molecule has 0 saturated carbocycles. The molecule has 2 heterocycles. The summed E-state index contributed by atoms with van der Waals surface area (Å²) in [4.78, 5) is 15.1. The molecule has 4 nitrogen and oxygen atoms in total. The highest BCUT2D eigenvalue weighted by Gasteiger charge is 2.15. The summed E-state index contributed by atoms with van der Waals surface area (Å²) in [6.07, 6.45) is 4.09. The highest BCUT2D eigenvalue weighted by atomic mass is 16.1. The van der Waals surface area contributed by atoms with Crippen LogP contribution in [0.5, 0.6) is 0 Å². The molecule has 74 valence electrons. The first-order chi connectivity index (χ1) is 6.86. The second kappa shape index (κ2) is 4.19. The van der Waals surface area contributed by atoms with Crippen molar-refractivity contribution in [3.63, 3.8) is 0 Å².